The molecule has 0 spiro atoms. The van der Waals surface area contributed by atoms with Gasteiger partial charge in [-0.25, -0.2) is 0 Å². The van der Waals surface area contributed by atoms with Gasteiger partial charge in [0.1, 0.15) is 11.5 Å². The molecule has 19 heavy (non-hydrogen) atoms. The maximum Gasteiger partial charge on any atom is 0.260 e. The van der Waals surface area contributed by atoms with E-state index >= 15 is 0 Å². The van der Waals surface area contributed by atoms with E-state index in [1.165, 1.54) is 0 Å². The van der Waals surface area contributed by atoms with E-state index in [0.717, 1.165) is 19.3 Å². The maximum atomic E-state index is 11.8. The van der Waals surface area contributed by atoms with Crippen LogP contribution in [-0.4, -0.2) is 25.7 Å². The van der Waals surface area contributed by atoms with E-state index in [1.807, 2.05) is 18.2 Å². The molecular weight excluding hydrogens is 242 g/mol. The molecule has 4 nitrogen and oxygen atoms in total. The molecule has 1 aromatic carbocycles. The number of nitrogens with one attached hydrogen (secondary N) is 1. The Morgan fingerprint density at radius 3 is 2.74 bits per heavy atom. The van der Waals surface area contributed by atoms with Crippen LogP contribution >= 0.6 is 0 Å². The maximum absolute atomic E-state index is 11.8. The highest BCUT2D eigenvalue weighted by Gasteiger charge is 2.13. The summed E-state index contributed by atoms with van der Waals surface area (Å²) in [6, 6.07) is 7.24. The lowest BCUT2D eigenvalue weighted by molar-refractivity contribution is -0.127. The van der Waals surface area contributed by atoms with Gasteiger partial charge in [-0.1, -0.05) is 25.8 Å². The number of benzene rings is 1. The summed E-state index contributed by atoms with van der Waals surface area (Å²) in [5.41, 5.74) is 0. The zero-order chi connectivity index (χ0) is 14.1. The van der Waals surface area contributed by atoms with E-state index in [0.29, 0.717) is 18.0 Å². The predicted molar refractivity (Wildman–Crippen MR) is 75.6 cm³/mol. The molecule has 0 saturated carbocycles. The summed E-state index contributed by atoms with van der Waals surface area (Å²) in [4.78, 5) is 11.8. The predicted octanol–water partition coefficient (Wildman–Crippen LogP) is 2.77. The van der Waals surface area contributed by atoms with Crippen molar-refractivity contribution in [3.63, 3.8) is 0 Å². The van der Waals surface area contributed by atoms with E-state index in [1.54, 1.807) is 20.1 Å². The van der Waals surface area contributed by atoms with E-state index in [9.17, 15) is 4.79 Å². The lowest BCUT2D eigenvalue weighted by atomic mass is 10.2. The smallest absolute Gasteiger partial charge is 0.260 e. The van der Waals surface area contributed by atoms with Crippen molar-refractivity contribution < 1.29 is 14.3 Å². The van der Waals surface area contributed by atoms with Crippen LogP contribution in [0.3, 0.4) is 0 Å². The first-order chi connectivity index (χ1) is 9.17. The van der Waals surface area contributed by atoms with Gasteiger partial charge in [0.15, 0.2) is 6.10 Å². The number of ether oxygens (including phenoxy) is 2. The number of hydrogen-bond donors (Lipinski definition) is 1. The molecule has 0 radical (unpaired) electrons. The fraction of sp³-hybridized carbons (Fsp3) is 0.533. The Bertz CT molecular complexity index is 393. The summed E-state index contributed by atoms with van der Waals surface area (Å²) in [7, 11) is 1.60. The fourth-order valence-electron chi connectivity index (χ4n) is 1.66. The first-order valence-electron chi connectivity index (χ1n) is 6.75. The number of carbonyl (C=O) groups excluding carboxylic acids is 1. The molecule has 1 unspecified atom stereocenters. The molecule has 1 aromatic rings. The number of amides is 1. The van der Waals surface area contributed by atoms with Crippen molar-refractivity contribution in [2.45, 2.75) is 39.2 Å². The summed E-state index contributed by atoms with van der Waals surface area (Å²) < 4.78 is 10.7. The van der Waals surface area contributed by atoms with E-state index in [4.69, 9.17) is 9.47 Å². The average molecular weight is 265 g/mol. The Morgan fingerprint density at radius 1 is 1.32 bits per heavy atom. The Hall–Kier alpha value is -1.71. The van der Waals surface area contributed by atoms with Crippen molar-refractivity contribution in [3.05, 3.63) is 24.3 Å². The van der Waals surface area contributed by atoms with Crippen LogP contribution in [0.4, 0.5) is 0 Å². The largest absolute Gasteiger partial charge is 0.497 e. The van der Waals surface area contributed by atoms with Gasteiger partial charge in [-0.3, -0.25) is 4.79 Å². The minimum atomic E-state index is -0.506. The first kappa shape index (κ1) is 15.3. The second-order valence-electron chi connectivity index (χ2n) is 4.44. The second kappa shape index (κ2) is 8.40. The normalized spacial score (nSPS) is 11.7. The fourth-order valence-corrected chi connectivity index (χ4v) is 1.66. The highest BCUT2D eigenvalue weighted by Crippen LogP contribution is 2.19. The van der Waals surface area contributed by atoms with Crippen LogP contribution in [0.1, 0.15) is 33.1 Å². The minimum Gasteiger partial charge on any atom is -0.497 e. The van der Waals surface area contributed by atoms with Gasteiger partial charge in [0, 0.05) is 12.6 Å². The summed E-state index contributed by atoms with van der Waals surface area (Å²) in [6.45, 7) is 4.59. The molecule has 4 heteroatoms. The molecule has 0 aliphatic heterocycles. The third-order valence-electron chi connectivity index (χ3n) is 2.80. The van der Waals surface area contributed by atoms with Crippen molar-refractivity contribution in [1.82, 2.24) is 5.32 Å². The highest BCUT2D eigenvalue weighted by molar-refractivity contribution is 5.80. The van der Waals surface area contributed by atoms with Crippen molar-refractivity contribution in [3.8, 4) is 11.5 Å². The molecule has 0 fully saturated rings. The Balaban J connectivity index is 2.40. The number of rotatable bonds is 8. The molecule has 0 saturated heterocycles. The number of hydrogen-bond acceptors (Lipinski definition) is 3. The molecule has 0 heterocycles. The van der Waals surface area contributed by atoms with Gasteiger partial charge in [0.2, 0.25) is 0 Å². The molecule has 0 aliphatic carbocycles. The third-order valence-corrected chi connectivity index (χ3v) is 2.80. The van der Waals surface area contributed by atoms with Crippen molar-refractivity contribution in [1.29, 1.82) is 0 Å². The first-order valence-corrected chi connectivity index (χ1v) is 6.75. The lowest BCUT2D eigenvalue weighted by Crippen LogP contribution is -2.36. The van der Waals surface area contributed by atoms with Crippen LogP contribution in [0.15, 0.2) is 24.3 Å². The summed E-state index contributed by atoms with van der Waals surface area (Å²) in [5.74, 6) is 1.27. The Labute approximate surface area is 115 Å². The van der Waals surface area contributed by atoms with Crippen LogP contribution in [-0.2, 0) is 4.79 Å². The summed E-state index contributed by atoms with van der Waals surface area (Å²) in [5, 5.41) is 2.87. The molecule has 0 aromatic heterocycles. The quantitative estimate of drug-likeness (QED) is 0.735. The molecular formula is C15H23NO3. The number of carbonyl (C=O) groups is 1. The Morgan fingerprint density at radius 2 is 2.05 bits per heavy atom. The van der Waals surface area contributed by atoms with Crippen molar-refractivity contribution in [2.24, 2.45) is 0 Å². The van der Waals surface area contributed by atoms with Gasteiger partial charge < -0.3 is 14.8 Å². The van der Waals surface area contributed by atoms with Gasteiger partial charge in [-0.05, 0) is 25.5 Å². The number of methoxy groups -OCH3 is 1. The van der Waals surface area contributed by atoms with Crippen molar-refractivity contribution in [2.75, 3.05) is 13.7 Å². The zero-order valence-corrected chi connectivity index (χ0v) is 11.9. The molecule has 1 amide bonds. The Kier molecular flexibility index (Phi) is 6.79. The van der Waals surface area contributed by atoms with E-state index < -0.39 is 6.10 Å². The third kappa shape index (κ3) is 5.64. The van der Waals surface area contributed by atoms with Crippen LogP contribution < -0.4 is 14.8 Å². The summed E-state index contributed by atoms with van der Waals surface area (Å²) in [6.07, 6.45) is 2.78. The van der Waals surface area contributed by atoms with E-state index in [-0.39, 0.29) is 5.91 Å². The van der Waals surface area contributed by atoms with Crippen LogP contribution in [0.5, 0.6) is 11.5 Å². The second-order valence-corrected chi connectivity index (χ2v) is 4.44. The highest BCUT2D eigenvalue weighted by atomic mass is 16.5. The molecule has 1 rings (SSSR count). The summed E-state index contributed by atoms with van der Waals surface area (Å²) >= 11 is 0. The number of unbranched alkanes of at least 4 members (excludes halogenated alkanes) is 2. The van der Waals surface area contributed by atoms with Crippen molar-refractivity contribution >= 4 is 5.91 Å². The van der Waals surface area contributed by atoms with Crippen LogP contribution in [0, 0.1) is 0 Å². The van der Waals surface area contributed by atoms with E-state index in [2.05, 4.69) is 12.2 Å². The standard InChI is InChI=1S/C15H23NO3/c1-4-5-6-10-16-15(17)12(2)19-14-9-7-8-13(11-14)18-3/h7-9,11-12H,4-6,10H2,1-3H3,(H,16,17). The van der Waals surface area contributed by atoms with Crippen LogP contribution in [0.2, 0.25) is 0 Å². The SMILES string of the molecule is CCCCCNC(=O)C(C)Oc1cccc(OC)c1. The molecule has 106 valence electrons. The minimum absolute atomic E-state index is 0.0843. The van der Waals surface area contributed by atoms with Gasteiger partial charge in [-0.15, -0.1) is 0 Å². The average Bonchev–Trinajstić information content (AvgIpc) is 2.43. The topological polar surface area (TPSA) is 47.6 Å². The van der Waals surface area contributed by atoms with Crippen LogP contribution in [0.25, 0.3) is 0 Å². The monoisotopic (exact) mass is 265 g/mol. The van der Waals surface area contributed by atoms with Gasteiger partial charge in [-0.2, -0.15) is 0 Å². The van der Waals surface area contributed by atoms with Gasteiger partial charge in [0.05, 0.1) is 7.11 Å². The molecule has 0 bridgehead atoms. The molecule has 0 aliphatic rings. The molecule has 1 atom stereocenters. The lowest BCUT2D eigenvalue weighted by Gasteiger charge is -2.15. The molecule has 1 N–H and O–H groups in total. The zero-order valence-electron chi connectivity index (χ0n) is 11.9. The van der Waals surface area contributed by atoms with Gasteiger partial charge >= 0.3 is 0 Å². The van der Waals surface area contributed by atoms with Gasteiger partial charge in [0.25, 0.3) is 5.91 Å².